The monoisotopic (exact) mass is 741 g/mol. The Bertz CT molecular complexity index is 1790. The zero-order valence-corrected chi connectivity index (χ0v) is 32.5. The molecular weight excluding hydrogens is 687 g/mol. The lowest BCUT2D eigenvalue weighted by atomic mass is 9.73. The number of hydrogen-bond acceptors (Lipinski definition) is 8. The molecule has 2 spiro atoms. The van der Waals surface area contributed by atoms with Crippen LogP contribution in [0.25, 0.3) is 0 Å². The van der Waals surface area contributed by atoms with Crippen molar-refractivity contribution in [1.82, 2.24) is 35.5 Å². The molecule has 14 nitrogen and oxygen atoms in total. The number of amides is 5. The Balaban J connectivity index is 1.29. The Hall–Kier alpha value is -3.75. The highest BCUT2D eigenvalue weighted by molar-refractivity contribution is 7.91. The lowest BCUT2D eigenvalue weighted by molar-refractivity contribution is -0.145. The second-order valence-electron chi connectivity index (χ2n) is 18.5. The van der Waals surface area contributed by atoms with Crippen molar-refractivity contribution in [3.05, 3.63) is 30.9 Å². The number of imidazole rings is 1. The highest BCUT2D eigenvalue weighted by Crippen LogP contribution is 2.88. The third-order valence-corrected chi connectivity index (χ3v) is 15.0. The van der Waals surface area contributed by atoms with Crippen LogP contribution in [0.4, 0.5) is 0 Å². The van der Waals surface area contributed by atoms with Gasteiger partial charge in [-0.15, -0.1) is 6.58 Å². The molecule has 15 heteroatoms. The maximum absolute atomic E-state index is 14.9. The number of rotatable bonds is 11. The molecule has 5 amide bonds. The minimum absolute atomic E-state index is 0.0296. The molecule has 5 aliphatic rings. The maximum atomic E-state index is 14.9. The molecule has 1 aromatic heterocycles. The van der Waals surface area contributed by atoms with Gasteiger partial charge < -0.3 is 25.8 Å². The van der Waals surface area contributed by atoms with Gasteiger partial charge in [0.25, 0.3) is 11.8 Å². The molecule has 6 atom stereocenters. The number of aromatic nitrogens is 2. The average molecular weight is 742 g/mol. The summed E-state index contributed by atoms with van der Waals surface area (Å²) in [5.41, 5.74) is -3.59. The Morgan fingerprint density at radius 2 is 1.62 bits per heavy atom. The van der Waals surface area contributed by atoms with Gasteiger partial charge in [-0.2, -0.15) is 0 Å². The highest BCUT2D eigenvalue weighted by atomic mass is 32.2. The van der Waals surface area contributed by atoms with Gasteiger partial charge in [-0.05, 0) is 60.2 Å². The summed E-state index contributed by atoms with van der Waals surface area (Å²) in [5.74, 6) is -3.33. The van der Waals surface area contributed by atoms with Crippen molar-refractivity contribution in [2.45, 2.75) is 129 Å². The molecule has 1 saturated heterocycles. The van der Waals surface area contributed by atoms with Crippen molar-refractivity contribution in [3.8, 4) is 0 Å². The van der Waals surface area contributed by atoms with Gasteiger partial charge in [-0.3, -0.25) is 28.7 Å². The number of hydrogen-bond donors (Lipinski definition) is 5. The number of carbonyl (C=O) groups excluding carboxylic acids is 5. The summed E-state index contributed by atoms with van der Waals surface area (Å²) in [6.45, 7) is 19.4. The molecule has 5 fully saturated rings. The van der Waals surface area contributed by atoms with Gasteiger partial charge in [0.2, 0.25) is 27.7 Å². The third-order valence-electron chi connectivity index (χ3n) is 13.2. The number of likely N-dealkylation sites (tertiary alicyclic amines) is 1. The van der Waals surface area contributed by atoms with Crippen LogP contribution in [0, 0.1) is 33.0 Å². The molecule has 4 saturated carbocycles. The van der Waals surface area contributed by atoms with Crippen LogP contribution in [0.3, 0.4) is 0 Å². The Morgan fingerprint density at radius 1 is 0.981 bits per heavy atom. The second-order valence-corrected chi connectivity index (χ2v) is 20.5. The summed E-state index contributed by atoms with van der Waals surface area (Å²) in [5, 5.41) is 8.00. The zero-order valence-electron chi connectivity index (χ0n) is 31.6. The van der Waals surface area contributed by atoms with E-state index < -0.39 is 85.2 Å². The minimum atomic E-state index is -3.87. The molecule has 4 aliphatic carbocycles. The van der Waals surface area contributed by atoms with Crippen LogP contribution < -0.4 is 20.7 Å². The van der Waals surface area contributed by atoms with Crippen molar-refractivity contribution < 1.29 is 32.4 Å². The first-order chi connectivity index (χ1) is 24.0. The number of nitrogens with one attached hydrogen (secondary N) is 5. The predicted molar refractivity (Wildman–Crippen MR) is 193 cm³/mol. The van der Waals surface area contributed by atoms with Crippen molar-refractivity contribution in [1.29, 1.82) is 0 Å². The van der Waals surface area contributed by atoms with E-state index in [1.165, 1.54) is 18.5 Å². The lowest BCUT2D eigenvalue weighted by Crippen LogP contribution is -2.63. The van der Waals surface area contributed by atoms with Crippen molar-refractivity contribution in [2.75, 3.05) is 6.54 Å². The number of sulfonamides is 1. The largest absolute Gasteiger partial charge is 0.342 e. The number of H-pyrrole nitrogens is 1. The van der Waals surface area contributed by atoms with E-state index in [2.05, 4.69) is 51.1 Å². The minimum Gasteiger partial charge on any atom is -0.342 e. The molecule has 52 heavy (non-hydrogen) atoms. The van der Waals surface area contributed by atoms with Gasteiger partial charge in [-0.1, -0.05) is 67.9 Å². The van der Waals surface area contributed by atoms with E-state index in [1.54, 1.807) is 4.90 Å². The fourth-order valence-corrected chi connectivity index (χ4v) is 10.8. The highest BCUT2D eigenvalue weighted by Gasteiger charge is 2.85. The summed E-state index contributed by atoms with van der Waals surface area (Å²) in [7, 11) is -3.87. The molecule has 0 aromatic carbocycles. The number of carbonyl (C=O) groups is 5. The van der Waals surface area contributed by atoms with Crippen LogP contribution in [0.15, 0.2) is 25.0 Å². The molecule has 1 aliphatic heterocycles. The first-order valence-corrected chi connectivity index (χ1v) is 19.9. The SMILES string of the molecule is C=C[C@@H]1C[C@]1(NC(=O)[C@@H]1C[C@@]2(CN1C(=O)[C@@H](NC(=O)[C@@H](NC(=O)c1ncc[nH]1)C(C)(C)C)C(C)(C)C)C(C)(C)C21CCC1)C(=O)NS(=O)(=O)C1CC1. The molecule has 0 unspecified atom stereocenters. The standard InChI is InChI=1S/C37H55N7O7S/c1-10-21-18-37(21,31(49)43-52(50,51)22-12-13-22)42-27(45)23-19-36(34(8,9)35(36)14-11-15-35)20-44(23)30(48)25(33(5,6)7)41-28(46)24(32(2,3)4)40-29(47)26-38-16-17-39-26/h10,16-17,21-25H,1,11-15,18-20H2,2-9H3,(H,38,39)(H,40,47)(H,41,46)(H,42,45)(H,43,49)/t21-,23+,24-,25-,36-,37-/m1/s1. The lowest BCUT2D eigenvalue weighted by Gasteiger charge is -2.38. The van der Waals surface area contributed by atoms with E-state index >= 15 is 0 Å². The topological polar surface area (TPSA) is 200 Å². The van der Waals surface area contributed by atoms with E-state index in [1.807, 2.05) is 41.5 Å². The summed E-state index contributed by atoms with van der Waals surface area (Å²) >= 11 is 0. The van der Waals surface area contributed by atoms with Gasteiger partial charge in [0, 0.05) is 30.3 Å². The molecular formula is C37H55N7O7S. The Kier molecular flexibility index (Phi) is 8.87. The summed E-state index contributed by atoms with van der Waals surface area (Å²) in [6, 6.07) is -3.09. The first kappa shape index (κ1) is 38.0. The van der Waals surface area contributed by atoms with Crippen molar-refractivity contribution in [3.63, 3.8) is 0 Å². The van der Waals surface area contributed by atoms with Gasteiger partial charge in [0.05, 0.1) is 5.25 Å². The molecule has 6 rings (SSSR count). The quantitative estimate of drug-likeness (QED) is 0.213. The number of nitrogens with zero attached hydrogens (tertiary/aromatic N) is 2. The van der Waals surface area contributed by atoms with E-state index in [-0.39, 0.29) is 28.5 Å². The van der Waals surface area contributed by atoms with Crippen molar-refractivity contribution >= 4 is 39.6 Å². The molecule has 286 valence electrons. The Labute approximate surface area is 306 Å². The molecule has 0 radical (unpaired) electrons. The van der Waals surface area contributed by atoms with E-state index in [0.29, 0.717) is 25.8 Å². The van der Waals surface area contributed by atoms with Gasteiger partial charge >= 0.3 is 0 Å². The second kappa shape index (κ2) is 12.1. The smallest absolute Gasteiger partial charge is 0.287 e. The van der Waals surface area contributed by atoms with Gasteiger partial charge in [0.15, 0.2) is 5.82 Å². The third kappa shape index (κ3) is 5.94. The summed E-state index contributed by atoms with van der Waals surface area (Å²) in [6.07, 6.45) is 9.04. The van der Waals surface area contributed by atoms with Crippen LogP contribution in [-0.4, -0.2) is 88.3 Å². The van der Waals surface area contributed by atoms with Gasteiger partial charge in [-0.25, -0.2) is 13.4 Å². The van der Waals surface area contributed by atoms with Crippen LogP contribution in [0.2, 0.25) is 0 Å². The molecule has 1 aromatic rings. The summed E-state index contributed by atoms with van der Waals surface area (Å²) < 4.78 is 27.7. The van der Waals surface area contributed by atoms with E-state index in [9.17, 15) is 32.4 Å². The fourth-order valence-electron chi connectivity index (χ4n) is 9.39. The Morgan fingerprint density at radius 3 is 2.08 bits per heavy atom. The number of fused-ring (bicyclic) bond motifs is 1. The number of aromatic amines is 1. The van der Waals surface area contributed by atoms with Gasteiger partial charge in [0.1, 0.15) is 23.7 Å². The fraction of sp³-hybridized carbons (Fsp3) is 0.730. The molecule has 5 N–H and O–H groups in total. The first-order valence-electron chi connectivity index (χ1n) is 18.4. The van der Waals surface area contributed by atoms with Crippen LogP contribution >= 0.6 is 0 Å². The van der Waals surface area contributed by atoms with E-state index in [0.717, 1.165) is 19.3 Å². The van der Waals surface area contributed by atoms with Crippen molar-refractivity contribution in [2.24, 2.45) is 33.0 Å². The predicted octanol–water partition coefficient (Wildman–Crippen LogP) is 2.55. The maximum Gasteiger partial charge on any atom is 0.287 e. The van der Waals surface area contributed by atoms with Crippen LogP contribution in [0.5, 0.6) is 0 Å². The van der Waals surface area contributed by atoms with E-state index in [4.69, 9.17) is 0 Å². The summed E-state index contributed by atoms with van der Waals surface area (Å²) in [4.78, 5) is 78.4. The molecule has 0 bridgehead atoms. The molecule has 2 heterocycles. The normalized spacial score (nSPS) is 29.7. The van der Waals surface area contributed by atoms with Crippen LogP contribution in [-0.2, 0) is 29.2 Å². The zero-order chi connectivity index (χ0) is 38.4. The van der Waals surface area contributed by atoms with Crippen LogP contribution in [0.1, 0.15) is 111 Å². The average Bonchev–Trinajstić information content (AvgIpc) is 3.93.